The van der Waals surface area contributed by atoms with Gasteiger partial charge in [-0.3, -0.25) is 14.4 Å². The Bertz CT molecular complexity index is 479. The Hall–Kier alpha value is -1.50. The van der Waals surface area contributed by atoms with E-state index in [2.05, 4.69) is 28.6 Å². The lowest BCUT2D eigenvalue weighted by Crippen LogP contribution is -2.54. The number of thiol groups is 1. The van der Waals surface area contributed by atoms with Crippen LogP contribution in [0.5, 0.6) is 0 Å². The van der Waals surface area contributed by atoms with E-state index in [1.165, 1.54) is 11.8 Å². The molecule has 0 heterocycles. The van der Waals surface area contributed by atoms with E-state index in [0.717, 1.165) is 0 Å². The zero-order valence-corrected chi connectivity index (χ0v) is 15.4. The van der Waals surface area contributed by atoms with Gasteiger partial charge in [-0.15, -0.1) is 0 Å². The molecule has 0 aromatic rings. The smallest absolute Gasteiger partial charge is 0.326 e. The summed E-state index contributed by atoms with van der Waals surface area (Å²) < 4.78 is 0. The molecule has 0 saturated carbocycles. The van der Waals surface area contributed by atoms with Crippen molar-refractivity contribution in [2.75, 3.05) is 30.9 Å². The van der Waals surface area contributed by atoms with Crippen LogP contribution in [0, 0.1) is 0 Å². The van der Waals surface area contributed by atoms with E-state index in [1.807, 2.05) is 6.26 Å². The number of aliphatic hydroxyl groups is 1. The summed E-state index contributed by atoms with van der Waals surface area (Å²) in [6.45, 7) is -1.03. The van der Waals surface area contributed by atoms with E-state index in [1.54, 1.807) is 0 Å². The highest BCUT2D eigenvalue weighted by Crippen LogP contribution is 2.00. The van der Waals surface area contributed by atoms with Gasteiger partial charge in [0.25, 0.3) is 0 Å². The number of rotatable bonds is 12. The minimum Gasteiger partial charge on any atom is -0.480 e. The van der Waals surface area contributed by atoms with Gasteiger partial charge in [-0.2, -0.15) is 24.4 Å². The Morgan fingerprint density at radius 1 is 1.16 bits per heavy atom. The fraction of sp³-hybridized carbons (Fsp3) is 0.692. The van der Waals surface area contributed by atoms with E-state index in [4.69, 9.17) is 15.9 Å². The molecule has 0 fully saturated rings. The number of thioether (sulfide) groups is 1. The molecule has 0 radical (unpaired) electrons. The molecule has 10 nitrogen and oxygen atoms in total. The topological polar surface area (TPSA) is 171 Å². The molecular formula is C13H24N4O6S2. The van der Waals surface area contributed by atoms with Crippen molar-refractivity contribution < 1.29 is 29.4 Å². The monoisotopic (exact) mass is 396 g/mol. The SMILES string of the molecule is CSCCC(NC(=O)CNC(=O)C(CS)NC(=O)C(N)CO)C(=O)O. The molecule has 0 aliphatic heterocycles. The lowest BCUT2D eigenvalue weighted by molar-refractivity contribution is -0.141. The Morgan fingerprint density at radius 2 is 1.80 bits per heavy atom. The lowest BCUT2D eigenvalue weighted by atomic mass is 10.2. The van der Waals surface area contributed by atoms with Gasteiger partial charge >= 0.3 is 5.97 Å². The number of nitrogens with two attached hydrogens (primary N) is 1. The van der Waals surface area contributed by atoms with Gasteiger partial charge in [0.05, 0.1) is 13.2 Å². The van der Waals surface area contributed by atoms with Crippen molar-refractivity contribution in [2.24, 2.45) is 5.73 Å². The zero-order chi connectivity index (χ0) is 19.4. The third-order valence-electron chi connectivity index (χ3n) is 3.02. The lowest BCUT2D eigenvalue weighted by Gasteiger charge is -2.19. The van der Waals surface area contributed by atoms with Gasteiger partial charge in [-0.1, -0.05) is 0 Å². The molecule has 0 aliphatic rings. The first-order valence-corrected chi connectivity index (χ1v) is 9.35. The molecule has 7 N–H and O–H groups in total. The number of carbonyl (C=O) groups is 4. The normalized spacial score (nSPS) is 14.1. The summed E-state index contributed by atoms with van der Waals surface area (Å²) in [7, 11) is 0. The van der Waals surface area contributed by atoms with E-state index in [-0.39, 0.29) is 12.2 Å². The number of nitrogens with one attached hydrogen (secondary N) is 3. The number of hydrogen-bond donors (Lipinski definition) is 7. The Morgan fingerprint density at radius 3 is 2.28 bits per heavy atom. The van der Waals surface area contributed by atoms with Crippen LogP contribution in [0.1, 0.15) is 6.42 Å². The Kier molecular flexibility index (Phi) is 12.0. The fourth-order valence-electron chi connectivity index (χ4n) is 1.58. The van der Waals surface area contributed by atoms with Crippen molar-refractivity contribution in [3.05, 3.63) is 0 Å². The summed E-state index contributed by atoms with van der Waals surface area (Å²) >= 11 is 5.38. The summed E-state index contributed by atoms with van der Waals surface area (Å²) in [5.41, 5.74) is 5.32. The van der Waals surface area contributed by atoms with Gasteiger partial charge in [-0.05, 0) is 18.4 Å². The standard InChI is InChI=1S/C13H24N4O6S2/c1-25-3-2-8(13(22)23)16-10(19)4-15-12(21)9(6-24)17-11(20)7(14)5-18/h7-9,18,24H,2-6,14H2,1H3,(H,15,21)(H,16,19)(H,17,20)(H,22,23). The van der Waals surface area contributed by atoms with Crippen LogP contribution in [-0.4, -0.2) is 82.9 Å². The summed E-state index contributed by atoms with van der Waals surface area (Å²) in [6, 6.07) is -3.26. The largest absolute Gasteiger partial charge is 0.480 e. The summed E-state index contributed by atoms with van der Waals surface area (Å²) in [4.78, 5) is 46.3. The Labute approximate surface area is 155 Å². The molecule has 0 aromatic heterocycles. The number of hydrogen-bond acceptors (Lipinski definition) is 8. The molecule has 25 heavy (non-hydrogen) atoms. The van der Waals surface area contributed by atoms with Crippen LogP contribution in [0.25, 0.3) is 0 Å². The predicted octanol–water partition coefficient (Wildman–Crippen LogP) is -2.84. The van der Waals surface area contributed by atoms with Crippen LogP contribution >= 0.6 is 24.4 Å². The van der Waals surface area contributed by atoms with E-state index >= 15 is 0 Å². The molecule has 3 atom stereocenters. The minimum absolute atomic E-state index is 0.0528. The van der Waals surface area contributed by atoms with E-state index < -0.39 is 55.0 Å². The van der Waals surface area contributed by atoms with Gasteiger partial charge in [-0.25, -0.2) is 4.79 Å². The average molecular weight is 396 g/mol. The third kappa shape index (κ3) is 9.53. The highest BCUT2D eigenvalue weighted by Gasteiger charge is 2.24. The van der Waals surface area contributed by atoms with Crippen molar-refractivity contribution >= 4 is 48.1 Å². The quantitative estimate of drug-likeness (QED) is 0.173. The number of amides is 3. The molecule has 144 valence electrons. The van der Waals surface area contributed by atoms with Crippen molar-refractivity contribution in [1.29, 1.82) is 0 Å². The van der Waals surface area contributed by atoms with Crippen LogP contribution in [0.2, 0.25) is 0 Å². The van der Waals surface area contributed by atoms with Crippen LogP contribution in [0.3, 0.4) is 0 Å². The first-order valence-electron chi connectivity index (χ1n) is 7.33. The van der Waals surface area contributed by atoms with E-state index in [0.29, 0.717) is 5.75 Å². The number of carboxylic acid groups (broad SMARTS) is 1. The number of aliphatic hydroxyl groups excluding tert-OH is 1. The molecule has 0 spiro atoms. The molecular weight excluding hydrogens is 372 g/mol. The van der Waals surface area contributed by atoms with Crippen molar-refractivity contribution in [1.82, 2.24) is 16.0 Å². The molecule has 12 heteroatoms. The first-order chi connectivity index (χ1) is 11.8. The zero-order valence-electron chi connectivity index (χ0n) is 13.7. The molecule has 0 aliphatic carbocycles. The van der Waals surface area contributed by atoms with Gasteiger partial charge in [0.15, 0.2) is 0 Å². The van der Waals surface area contributed by atoms with Crippen LogP contribution in [-0.2, 0) is 19.2 Å². The molecule has 3 unspecified atom stereocenters. The first kappa shape index (κ1) is 23.5. The van der Waals surface area contributed by atoms with Crippen molar-refractivity contribution in [2.45, 2.75) is 24.5 Å². The average Bonchev–Trinajstić information content (AvgIpc) is 2.59. The molecule has 3 amide bonds. The third-order valence-corrected chi connectivity index (χ3v) is 4.03. The van der Waals surface area contributed by atoms with Crippen molar-refractivity contribution in [3.8, 4) is 0 Å². The second kappa shape index (κ2) is 12.8. The summed E-state index contributed by atoms with van der Waals surface area (Å²) in [5.74, 6) is -2.74. The fourth-order valence-corrected chi connectivity index (χ4v) is 2.31. The van der Waals surface area contributed by atoms with E-state index in [9.17, 15) is 19.2 Å². The number of carboxylic acids is 1. The van der Waals surface area contributed by atoms with Crippen LogP contribution in [0.4, 0.5) is 0 Å². The predicted molar refractivity (Wildman–Crippen MR) is 96.4 cm³/mol. The highest BCUT2D eigenvalue weighted by atomic mass is 32.2. The molecule has 0 rings (SSSR count). The highest BCUT2D eigenvalue weighted by molar-refractivity contribution is 7.98. The molecule has 0 saturated heterocycles. The van der Waals surface area contributed by atoms with Crippen LogP contribution < -0.4 is 21.7 Å². The Balaban J connectivity index is 4.46. The van der Waals surface area contributed by atoms with Gasteiger partial charge in [0.2, 0.25) is 17.7 Å². The number of carbonyl (C=O) groups excluding carboxylic acids is 3. The summed E-state index contributed by atoms with van der Waals surface area (Å²) in [6.07, 6.45) is 2.07. The maximum Gasteiger partial charge on any atom is 0.326 e. The van der Waals surface area contributed by atoms with Gasteiger partial charge in [0.1, 0.15) is 18.1 Å². The minimum atomic E-state index is -1.17. The maximum atomic E-state index is 11.9. The summed E-state index contributed by atoms with van der Waals surface area (Å²) in [5, 5.41) is 24.7. The van der Waals surface area contributed by atoms with Gasteiger partial charge in [0, 0.05) is 5.75 Å². The number of aliphatic carboxylic acids is 1. The van der Waals surface area contributed by atoms with Crippen molar-refractivity contribution in [3.63, 3.8) is 0 Å². The van der Waals surface area contributed by atoms with Gasteiger partial charge < -0.3 is 31.9 Å². The second-order valence-corrected chi connectivity index (χ2v) is 6.34. The van der Waals surface area contributed by atoms with Crippen LogP contribution in [0.15, 0.2) is 0 Å². The maximum absolute atomic E-state index is 11.9. The second-order valence-electron chi connectivity index (χ2n) is 4.99. The molecule has 0 bridgehead atoms. The molecule has 0 aromatic carbocycles.